The summed E-state index contributed by atoms with van der Waals surface area (Å²) in [5.74, 6) is 0.381. The van der Waals surface area contributed by atoms with E-state index < -0.39 is 0 Å². The molecule has 1 N–H and O–H groups in total. The molecule has 3 aromatic rings. The van der Waals surface area contributed by atoms with Crippen LogP contribution in [0.5, 0.6) is 5.75 Å². The molecule has 0 unspecified atom stereocenters. The smallest absolute Gasteiger partial charge is 0.142 e. The van der Waals surface area contributed by atoms with E-state index >= 15 is 0 Å². The fraction of sp³-hybridized carbons (Fsp3) is 0.438. The summed E-state index contributed by atoms with van der Waals surface area (Å²) in [5.41, 5.74) is 7.77. The van der Waals surface area contributed by atoms with E-state index in [-0.39, 0.29) is 10.8 Å². The first-order valence-electron chi connectivity index (χ1n) is 12.8. The van der Waals surface area contributed by atoms with Crippen LogP contribution in [-0.4, -0.2) is 37.2 Å². The van der Waals surface area contributed by atoms with Gasteiger partial charge in [0, 0.05) is 23.4 Å². The predicted octanol–water partition coefficient (Wildman–Crippen LogP) is 8.05. The Morgan fingerprint density at radius 1 is 0.743 bits per heavy atom. The van der Waals surface area contributed by atoms with Gasteiger partial charge in [-0.3, -0.25) is 0 Å². The van der Waals surface area contributed by atoms with Crippen molar-refractivity contribution in [1.29, 1.82) is 0 Å². The fourth-order valence-electron chi connectivity index (χ4n) is 4.56. The Morgan fingerprint density at radius 3 is 2.06 bits per heavy atom. The number of phenolic OH excluding ortho intramolecular Hbond substituents is 1. The number of anilines is 2. The number of aromatic hydroxyl groups is 1. The van der Waals surface area contributed by atoms with Gasteiger partial charge in [0.15, 0.2) is 0 Å². The summed E-state index contributed by atoms with van der Waals surface area (Å²) < 4.78 is 0. The van der Waals surface area contributed by atoms with Gasteiger partial charge in [0.1, 0.15) is 5.75 Å². The number of para-hydroxylation sites is 1. The number of phenols is 1. The van der Waals surface area contributed by atoms with Gasteiger partial charge < -0.3 is 14.9 Å². The van der Waals surface area contributed by atoms with Crippen molar-refractivity contribution in [3.63, 3.8) is 0 Å². The molecule has 3 heteroatoms. The largest absolute Gasteiger partial charge is 0.505 e. The average molecular weight is 473 g/mol. The van der Waals surface area contributed by atoms with Crippen LogP contribution < -0.4 is 4.90 Å². The van der Waals surface area contributed by atoms with Gasteiger partial charge in [0.25, 0.3) is 0 Å². The van der Waals surface area contributed by atoms with Crippen molar-refractivity contribution in [2.45, 2.75) is 65.7 Å². The van der Waals surface area contributed by atoms with Crippen molar-refractivity contribution >= 4 is 11.4 Å². The molecule has 0 aliphatic carbocycles. The molecule has 3 nitrogen and oxygen atoms in total. The van der Waals surface area contributed by atoms with Crippen LogP contribution in [0.1, 0.15) is 64.7 Å². The minimum atomic E-state index is -0.152. The van der Waals surface area contributed by atoms with Gasteiger partial charge in [-0.2, -0.15) is 0 Å². The molecule has 0 radical (unpaired) electrons. The molecule has 0 amide bonds. The lowest BCUT2D eigenvalue weighted by Gasteiger charge is -2.32. The van der Waals surface area contributed by atoms with E-state index in [1.54, 1.807) is 0 Å². The molecule has 0 aromatic heterocycles. The summed E-state index contributed by atoms with van der Waals surface area (Å²) >= 11 is 0. The van der Waals surface area contributed by atoms with Gasteiger partial charge in [0.2, 0.25) is 0 Å². The molecular weight excluding hydrogens is 428 g/mol. The first-order valence-corrected chi connectivity index (χ1v) is 12.8. The Bertz CT molecular complexity index is 1150. The van der Waals surface area contributed by atoms with E-state index in [9.17, 15) is 5.11 Å². The third-order valence-electron chi connectivity index (χ3n) is 6.55. The quantitative estimate of drug-likeness (QED) is 0.377. The van der Waals surface area contributed by atoms with Crippen molar-refractivity contribution in [3.05, 3.63) is 77.4 Å². The van der Waals surface area contributed by atoms with Crippen LogP contribution in [0.15, 0.2) is 60.7 Å². The Labute approximate surface area is 213 Å². The second-order valence-electron chi connectivity index (χ2n) is 12.1. The number of aryl methyl sites for hydroxylation is 1. The molecule has 3 aromatic carbocycles. The lowest BCUT2D eigenvalue weighted by molar-refractivity contribution is 0.402. The molecule has 188 valence electrons. The van der Waals surface area contributed by atoms with Gasteiger partial charge in [-0.05, 0) is 73.6 Å². The zero-order valence-electron chi connectivity index (χ0n) is 23.2. The van der Waals surface area contributed by atoms with Crippen LogP contribution in [0.3, 0.4) is 0 Å². The summed E-state index contributed by atoms with van der Waals surface area (Å²) in [6.07, 6.45) is 0.988. The maximum Gasteiger partial charge on any atom is 0.142 e. The minimum Gasteiger partial charge on any atom is -0.505 e. The Hall–Kier alpha value is -2.78. The number of nitrogens with zero attached hydrogens (tertiary/aromatic N) is 2. The average Bonchev–Trinajstić information content (AvgIpc) is 2.77. The predicted molar refractivity (Wildman–Crippen MR) is 152 cm³/mol. The lowest BCUT2D eigenvalue weighted by Crippen LogP contribution is -2.24. The van der Waals surface area contributed by atoms with Crippen LogP contribution in [0.25, 0.3) is 11.1 Å². The van der Waals surface area contributed by atoms with E-state index in [2.05, 4.69) is 133 Å². The van der Waals surface area contributed by atoms with Crippen molar-refractivity contribution in [3.8, 4) is 16.9 Å². The second kappa shape index (κ2) is 10.5. The maximum atomic E-state index is 11.5. The van der Waals surface area contributed by atoms with Gasteiger partial charge in [-0.1, -0.05) is 90.1 Å². The van der Waals surface area contributed by atoms with Gasteiger partial charge >= 0.3 is 0 Å². The molecule has 0 aliphatic rings. The molecule has 0 fully saturated rings. The lowest BCUT2D eigenvalue weighted by atomic mass is 9.84. The number of hydrogen-bond donors (Lipinski definition) is 1. The Balaban J connectivity index is 2.21. The summed E-state index contributed by atoms with van der Waals surface area (Å²) in [5, 5.41) is 11.5. The van der Waals surface area contributed by atoms with Crippen molar-refractivity contribution < 1.29 is 5.11 Å². The fourth-order valence-corrected chi connectivity index (χ4v) is 4.56. The monoisotopic (exact) mass is 472 g/mol. The molecule has 0 atom stereocenters. The summed E-state index contributed by atoms with van der Waals surface area (Å²) in [4.78, 5) is 4.54. The third-order valence-corrected chi connectivity index (χ3v) is 6.55. The maximum absolute atomic E-state index is 11.5. The zero-order valence-corrected chi connectivity index (χ0v) is 23.2. The summed E-state index contributed by atoms with van der Waals surface area (Å²) in [6.45, 7) is 17.2. The highest BCUT2D eigenvalue weighted by Gasteiger charge is 2.25. The highest BCUT2D eigenvalue weighted by Crippen LogP contribution is 2.44. The Kier molecular flexibility index (Phi) is 8.01. The third kappa shape index (κ3) is 6.46. The van der Waals surface area contributed by atoms with Crippen LogP contribution in [-0.2, 0) is 10.8 Å². The molecule has 0 saturated heterocycles. The highest BCUT2D eigenvalue weighted by molar-refractivity contribution is 5.84. The van der Waals surface area contributed by atoms with E-state index in [4.69, 9.17) is 0 Å². The van der Waals surface area contributed by atoms with Crippen molar-refractivity contribution in [2.75, 3.05) is 32.1 Å². The first-order chi connectivity index (χ1) is 16.3. The van der Waals surface area contributed by atoms with E-state index in [1.165, 1.54) is 16.7 Å². The molecule has 3 rings (SSSR count). The van der Waals surface area contributed by atoms with Crippen LogP contribution >= 0.6 is 0 Å². The van der Waals surface area contributed by atoms with Crippen molar-refractivity contribution in [1.82, 2.24) is 4.90 Å². The van der Waals surface area contributed by atoms with Crippen LogP contribution in [0.2, 0.25) is 0 Å². The summed E-state index contributed by atoms with van der Waals surface area (Å²) in [7, 11) is 4.22. The molecular formula is C32H44N2O. The normalized spacial score (nSPS) is 12.3. The number of rotatable bonds is 7. The Morgan fingerprint density at radius 2 is 1.43 bits per heavy atom. The van der Waals surface area contributed by atoms with E-state index in [0.717, 1.165) is 42.0 Å². The van der Waals surface area contributed by atoms with Gasteiger partial charge in [-0.25, -0.2) is 0 Å². The molecule has 35 heavy (non-hydrogen) atoms. The molecule has 0 heterocycles. The van der Waals surface area contributed by atoms with Gasteiger partial charge in [-0.15, -0.1) is 0 Å². The van der Waals surface area contributed by atoms with Crippen molar-refractivity contribution in [2.24, 2.45) is 0 Å². The summed E-state index contributed by atoms with van der Waals surface area (Å²) in [6, 6.07) is 21.7. The van der Waals surface area contributed by atoms with E-state index in [0.29, 0.717) is 5.75 Å². The highest BCUT2D eigenvalue weighted by atomic mass is 16.3. The standard InChI is InChI=1S/C32H44N2O/c1-23-20-27(32(5,6)7)30(35)29(21-23)34(19-13-18-33(8)9)28-17-11-10-16-26(28)24-14-12-15-25(22-24)31(2,3)4/h10-12,14-17,20-22,35H,13,18-19H2,1-9H3. The molecule has 0 aliphatic heterocycles. The molecule has 0 spiro atoms. The van der Waals surface area contributed by atoms with Crippen LogP contribution in [0, 0.1) is 6.92 Å². The first kappa shape index (κ1) is 26.8. The molecule has 0 bridgehead atoms. The number of benzene rings is 3. The topological polar surface area (TPSA) is 26.7 Å². The van der Waals surface area contributed by atoms with Gasteiger partial charge in [0.05, 0.1) is 5.69 Å². The molecule has 0 saturated carbocycles. The van der Waals surface area contributed by atoms with Crippen LogP contribution in [0.4, 0.5) is 11.4 Å². The second-order valence-corrected chi connectivity index (χ2v) is 12.1. The number of hydrogen-bond acceptors (Lipinski definition) is 3. The minimum absolute atomic E-state index is 0.0762. The van der Waals surface area contributed by atoms with E-state index in [1.807, 2.05) is 0 Å². The SMILES string of the molecule is Cc1cc(N(CCCN(C)C)c2ccccc2-c2cccc(C(C)(C)C)c2)c(O)c(C(C)(C)C)c1. The zero-order chi connectivity index (χ0) is 26.0.